The predicted octanol–water partition coefficient (Wildman–Crippen LogP) is 2.99. The van der Waals surface area contributed by atoms with Crippen molar-refractivity contribution in [3.8, 4) is 0 Å². The van der Waals surface area contributed by atoms with E-state index in [-0.39, 0.29) is 11.6 Å². The fraction of sp³-hybridized carbons (Fsp3) is 0.462. The Morgan fingerprint density at radius 3 is 2.29 bits per heavy atom. The topological polar surface area (TPSA) is 32.3 Å². The first kappa shape index (κ1) is 12.2. The Bertz CT molecular complexity index is 410. The Morgan fingerprint density at radius 1 is 1.29 bits per heavy atom. The number of carbonyl (C=O) groups is 1. The van der Waals surface area contributed by atoms with Crippen LogP contribution >= 0.6 is 11.6 Å². The van der Waals surface area contributed by atoms with Gasteiger partial charge in [-0.15, -0.1) is 0 Å². The van der Waals surface area contributed by atoms with Crippen molar-refractivity contribution in [1.82, 2.24) is 10.2 Å². The summed E-state index contributed by atoms with van der Waals surface area (Å²) in [6, 6.07) is 7.70. The zero-order valence-electron chi connectivity index (χ0n) is 10.2. The molecule has 1 saturated carbocycles. The zero-order chi connectivity index (χ0) is 12.5. The molecule has 1 aromatic carbocycles. The average molecular weight is 253 g/mol. The maximum absolute atomic E-state index is 11.8. The number of hydrogen-bond donors (Lipinski definition) is 1. The number of carbonyl (C=O) groups excluding carboxylic acids is 1. The molecule has 0 spiro atoms. The van der Waals surface area contributed by atoms with Crippen LogP contribution in [0, 0.1) is 0 Å². The van der Waals surface area contributed by atoms with Gasteiger partial charge in [0.25, 0.3) is 0 Å². The normalized spacial score (nSPS) is 17.1. The van der Waals surface area contributed by atoms with E-state index in [4.69, 9.17) is 11.6 Å². The second kappa shape index (κ2) is 4.57. The lowest BCUT2D eigenvalue weighted by Crippen LogP contribution is -2.53. The number of nitrogens with one attached hydrogen (secondary N) is 1. The maximum Gasteiger partial charge on any atom is 0.317 e. The molecule has 1 aromatic rings. The summed E-state index contributed by atoms with van der Waals surface area (Å²) in [4.78, 5) is 13.3. The van der Waals surface area contributed by atoms with Crippen LogP contribution in [0.4, 0.5) is 4.79 Å². The first-order valence-electron chi connectivity index (χ1n) is 5.79. The van der Waals surface area contributed by atoms with Crippen LogP contribution in [0.25, 0.3) is 0 Å². The van der Waals surface area contributed by atoms with E-state index >= 15 is 0 Å². The molecule has 0 aliphatic heterocycles. The fourth-order valence-corrected chi connectivity index (χ4v) is 2.23. The molecule has 1 aliphatic carbocycles. The van der Waals surface area contributed by atoms with Crippen molar-refractivity contribution in [2.24, 2.45) is 0 Å². The minimum Gasteiger partial charge on any atom is -0.331 e. The number of halogens is 1. The highest BCUT2D eigenvalue weighted by Gasteiger charge is 2.40. The number of hydrogen-bond acceptors (Lipinski definition) is 1. The molecule has 0 heterocycles. The molecule has 0 unspecified atom stereocenters. The summed E-state index contributed by atoms with van der Waals surface area (Å²) in [5.41, 5.74) is 0.953. The molecular formula is C13H17ClN2O. The number of benzene rings is 1. The second-order valence-electron chi connectivity index (χ2n) is 4.77. The van der Waals surface area contributed by atoms with Gasteiger partial charge < -0.3 is 10.2 Å². The first-order valence-corrected chi connectivity index (χ1v) is 6.17. The Kier molecular flexibility index (Phi) is 3.29. The van der Waals surface area contributed by atoms with Crippen LogP contribution < -0.4 is 5.32 Å². The van der Waals surface area contributed by atoms with E-state index in [0.717, 1.165) is 29.8 Å². The molecule has 0 atom stereocenters. The van der Waals surface area contributed by atoms with Crippen LogP contribution in [0.5, 0.6) is 0 Å². The van der Waals surface area contributed by atoms with E-state index < -0.39 is 0 Å². The van der Waals surface area contributed by atoms with Gasteiger partial charge in [-0.1, -0.05) is 23.7 Å². The van der Waals surface area contributed by atoms with Gasteiger partial charge in [-0.05, 0) is 37.0 Å². The molecule has 3 nitrogen and oxygen atoms in total. The third kappa shape index (κ3) is 2.39. The number of rotatable bonds is 2. The van der Waals surface area contributed by atoms with E-state index in [0.29, 0.717) is 0 Å². The highest BCUT2D eigenvalue weighted by molar-refractivity contribution is 6.30. The summed E-state index contributed by atoms with van der Waals surface area (Å²) in [7, 11) is 3.51. The fourth-order valence-electron chi connectivity index (χ4n) is 2.10. The molecule has 1 N–H and O–H groups in total. The average Bonchev–Trinajstić information content (AvgIpc) is 2.24. The third-order valence-corrected chi connectivity index (χ3v) is 3.61. The van der Waals surface area contributed by atoms with Crippen molar-refractivity contribution < 1.29 is 4.79 Å². The van der Waals surface area contributed by atoms with E-state index in [9.17, 15) is 4.79 Å². The van der Waals surface area contributed by atoms with E-state index in [2.05, 4.69) is 5.32 Å². The number of urea groups is 1. The minimum atomic E-state index is -0.189. The van der Waals surface area contributed by atoms with Crippen LogP contribution in [-0.2, 0) is 5.54 Å². The lowest BCUT2D eigenvalue weighted by atomic mass is 9.72. The van der Waals surface area contributed by atoms with Crippen molar-refractivity contribution in [1.29, 1.82) is 0 Å². The van der Waals surface area contributed by atoms with Crippen molar-refractivity contribution in [2.75, 3.05) is 14.1 Å². The Balaban J connectivity index is 2.20. The Labute approximate surface area is 107 Å². The van der Waals surface area contributed by atoms with Gasteiger partial charge in [0.1, 0.15) is 0 Å². The molecule has 2 rings (SSSR count). The summed E-state index contributed by atoms with van der Waals surface area (Å²) in [6.07, 6.45) is 3.14. The van der Waals surface area contributed by atoms with Crippen molar-refractivity contribution in [3.05, 3.63) is 34.9 Å². The Hall–Kier alpha value is -1.22. The van der Waals surface area contributed by atoms with Crippen LogP contribution in [0.15, 0.2) is 24.3 Å². The summed E-state index contributed by atoms with van der Waals surface area (Å²) < 4.78 is 0. The van der Waals surface area contributed by atoms with Gasteiger partial charge in [-0.2, -0.15) is 0 Å². The molecule has 0 bridgehead atoms. The summed E-state index contributed by atoms with van der Waals surface area (Å²) in [5.74, 6) is 0. The van der Waals surface area contributed by atoms with Crippen LogP contribution in [-0.4, -0.2) is 25.0 Å². The Morgan fingerprint density at radius 2 is 1.88 bits per heavy atom. The van der Waals surface area contributed by atoms with Crippen LogP contribution in [0.3, 0.4) is 0 Å². The van der Waals surface area contributed by atoms with Gasteiger partial charge in [-0.25, -0.2) is 4.79 Å². The predicted molar refractivity (Wildman–Crippen MR) is 69.2 cm³/mol. The van der Waals surface area contributed by atoms with Gasteiger partial charge in [0.15, 0.2) is 0 Å². The highest BCUT2D eigenvalue weighted by Crippen LogP contribution is 2.41. The molecule has 17 heavy (non-hydrogen) atoms. The molecule has 0 aromatic heterocycles. The van der Waals surface area contributed by atoms with Gasteiger partial charge in [-0.3, -0.25) is 0 Å². The van der Waals surface area contributed by atoms with Gasteiger partial charge in [0, 0.05) is 19.1 Å². The number of nitrogens with zero attached hydrogens (tertiary/aromatic N) is 1. The molecule has 0 saturated heterocycles. The summed E-state index contributed by atoms with van der Waals surface area (Å²) >= 11 is 5.88. The number of amides is 2. The van der Waals surface area contributed by atoms with Gasteiger partial charge >= 0.3 is 6.03 Å². The van der Waals surface area contributed by atoms with Crippen LogP contribution in [0.2, 0.25) is 5.02 Å². The molecule has 1 aliphatic rings. The zero-order valence-corrected chi connectivity index (χ0v) is 10.9. The molecule has 92 valence electrons. The SMILES string of the molecule is CN(C)C(=O)NC1(c2ccc(Cl)cc2)CCC1. The molecule has 4 heteroatoms. The van der Waals surface area contributed by atoms with Gasteiger partial charge in [0.05, 0.1) is 5.54 Å². The van der Waals surface area contributed by atoms with E-state index in [1.54, 1.807) is 19.0 Å². The van der Waals surface area contributed by atoms with Crippen molar-refractivity contribution >= 4 is 17.6 Å². The molecule has 2 amide bonds. The largest absolute Gasteiger partial charge is 0.331 e. The van der Waals surface area contributed by atoms with E-state index in [1.807, 2.05) is 24.3 Å². The minimum absolute atomic E-state index is 0.0420. The van der Waals surface area contributed by atoms with Gasteiger partial charge in [0.2, 0.25) is 0 Å². The first-order chi connectivity index (χ1) is 8.03. The van der Waals surface area contributed by atoms with Crippen molar-refractivity contribution in [3.63, 3.8) is 0 Å². The summed E-state index contributed by atoms with van der Waals surface area (Å²) in [5, 5.41) is 3.83. The quantitative estimate of drug-likeness (QED) is 0.862. The van der Waals surface area contributed by atoms with Crippen molar-refractivity contribution in [2.45, 2.75) is 24.8 Å². The highest BCUT2D eigenvalue weighted by atomic mass is 35.5. The van der Waals surface area contributed by atoms with E-state index in [1.165, 1.54) is 0 Å². The lowest BCUT2D eigenvalue weighted by Gasteiger charge is -2.43. The monoisotopic (exact) mass is 252 g/mol. The smallest absolute Gasteiger partial charge is 0.317 e. The molecule has 0 radical (unpaired) electrons. The second-order valence-corrected chi connectivity index (χ2v) is 5.20. The third-order valence-electron chi connectivity index (χ3n) is 3.36. The molecule has 1 fully saturated rings. The molecular weight excluding hydrogens is 236 g/mol. The standard InChI is InChI=1S/C13H17ClN2O/c1-16(2)12(17)15-13(8-3-9-13)10-4-6-11(14)7-5-10/h4-7H,3,8-9H2,1-2H3,(H,15,17). The lowest BCUT2D eigenvalue weighted by molar-refractivity contribution is 0.161. The maximum atomic E-state index is 11.8. The van der Waals surface area contributed by atoms with Crippen LogP contribution in [0.1, 0.15) is 24.8 Å². The summed E-state index contributed by atoms with van der Waals surface area (Å²) in [6.45, 7) is 0.